The van der Waals surface area contributed by atoms with Gasteiger partial charge in [-0.3, -0.25) is 0 Å². The van der Waals surface area contributed by atoms with E-state index in [0.29, 0.717) is 34.7 Å². The molecule has 0 bridgehead atoms. The Morgan fingerprint density at radius 2 is 2.25 bits per heavy atom. The number of aliphatic hydroxyl groups excluding tert-OH is 1. The number of aromatic nitrogens is 2. The highest BCUT2D eigenvalue weighted by Crippen LogP contribution is 2.38. The van der Waals surface area contributed by atoms with Crippen molar-refractivity contribution >= 4 is 0 Å². The minimum atomic E-state index is -0.119. The van der Waals surface area contributed by atoms with Gasteiger partial charge < -0.3 is 19.1 Å². The third kappa shape index (κ3) is 2.75. The quantitative estimate of drug-likeness (QED) is 0.869. The van der Waals surface area contributed by atoms with Gasteiger partial charge in [-0.25, -0.2) is 0 Å². The molecule has 0 atom stereocenters. The number of hydrogen-bond acceptors (Lipinski definition) is 6. The first-order valence-electron chi connectivity index (χ1n) is 6.53. The summed E-state index contributed by atoms with van der Waals surface area (Å²) in [6.45, 7) is 0.0989. The van der Waals surface area contributed by atoms with E-state index >= 15 is 0 Å². The van der Waals surface area contributed by atoms with Gasteiger partial charge in [-0.05, 0) is 31.0 Å². The van der Waals surface area contributed by atoms with Crippen molar-refractivity contribution in [1.82, 2.24) is 10.1 Å². The van der Waals surface area contributed by atoms with Gasteiger partial charge in [-0.2, -0.15) is 4.98 Å². The van der Waals surface area contributed by atoms with Crippen LogP contribution in [-0.2, 0) is 13.2 Å². The van der Waals surface area contributed by atoms with Gasteiger partial charge in [0.2, 0.25) is 11.7 Å². The average Bonchev–Trinajstić information content (AvgIpc) is 3.24. The molecule has 0 amide bonds. The Kier molecular flexibility index (Phi) is 3.56. The van der Waals surface area contributed by atoms with Gasteiger partial charge >= 0.3 is 0 Å². The number of benzene rings is 1. The number of nitrogens with zero attached hydrogens (tertiary/aromatic N) is 2. The number of hydrogen-bond donors (Lipinski definition) is 1. The largest absolute Gasteiger partial charge is 0.497 e. The molecule has 0 spiro atoms. The van der Waals surface area contributed by atoms with Crippen molar-refractivity contribution in [3.05, 3.63) is 35.5 Å². The second-order valence-corrected chi connectivity index (χ2v) is 4.74. The number of rotatable bonds is 6. The smallest absolute Gasteiger partial charge is 0.229 e. The first kappa shape index (κ1) is 12.9. The molecule has 1 saturated carbocycles. The summed E-state index contributed by atoms with van der Waals surface area (Å²) in [5, 5.41) is 13.2. The van der Waals surface area contributed by atoms with Crippen LogP contribution in [0.4, 0.5) is 0 Å². The van der Waals surface area contributed by atoms with Crippen LogP contribution in [0.1, 0.15) is 36.0 Å². The fraction of sp³-hybridized carbons (Fsp3) is 0.429. The zero-order chi connectivity index (χ0) is 13.9. The SMILES string of the molecule is COc1ccc(OCc2noc(C3CC3)n2)c(CO)c1. The van der Waals surface area contributed by atoms with E-state index in [1.807, 2.05) is 0 Å². The Hall–Kier alpha value is -2.08. The summed E-state index contributed by atoms with van der Waals surface area (Å²) in [4.78, 5) is 4.29. The van der Waals surface area contributed by atoms with Crippen LogP contribution in [0.2, 0.25) is 0 Å². The molecule has 0 aliphatic heterocycles. The molecule has 1 aliphatic carbocycles. The van der Waals surface area contributed by atoms with Crippen molar-refractivity contribution in [2.75, 3.05) is 7.11 Å². The first-order chi connectivity index (χ1) is 9.80. The molecule has 1 heterocycles. The Labute approximate surface area is 116 Å². The van der Waals surface area contributed by atoms with Crippen molar-refractivity contribution < 1.29 is 19.1 Å². The van der Waals surface area contributed by atoms with E-state index in [1.165, 1.54) is 0 Å². The zero-order valence-electron chi connectivity index (χ0n) is 11.2. The summed E-state index contributed by atoms with van der Waals surface area (Å²) in [7, 11) is 1.58. The molecular formula is C14H16N2O4. The molecule has 0 unspecified atom stereocenters. The Balaban J connectivity index is 1.67. The summed E-state index contributed by atoms with van der Waals surface area (Å²) in [6.07, 6.45) is 2.24. The van der Waals surface area contributed by atoms with Crippen LogP contribution in [0.15, 0.2) is 22.7 Å². The normalized spacial score (nSPS) is 14.3. The highest BCUT2D eigenvalue weighted by Gasteiger charge is 2.29. The van der Waals surface area contributed by atoms with Gasteiger partial charge in [-0.1, -0.05) is 5.16 Å². The summed E-state index contributed by atoms with van der Waals surface area (Å²) < 4.78 is 15.9. The standard InChI is InChI=1S/C14H16N2O4/c1-18-11-4-5-12(10(6-11)7-17)19-8-13-15-14(20-16-13)9-2-3-9/h4-6,9,17H,2-3,7-8H2,1H3. The van der Waals surface area contributed by atoms with E-state index in [9.17, 15) is 5.11 Å². The molecule has 3 rings (SSSR count). The summed E-state index contributed by atoms with van der Waals surface area (Å²) in [6, 6.07) is 5.27. The van der Waals surface area contributed by atoms with Crippen LogP contribution in [0, 0.1) is 0 Å². The lowest BCUT2D eigenvalue weighted by Gasteiger charge is -2.09. The number of aliphatic hydroxyl groups is 1. The van der Waals surface area contributed by atoms with Crippen molar-refractivity contribution in [1.29, 1.82) is 0 Å². The maximum atomic E-state index is 9.34. The van der Waals surface area contributed by atoms with E-state index in [1.54, 1.807) is 25.3 Å². The highest BCUT2D eigenvalue weighted by atomic mass is 16.5. The van der Waals surface area contributed by atoms with Gasteiger partial charge in [0.05, 0.1) is 13.7 Å². The number of ether oxygens (including phenoxy) is 2. The average molecular weight is 276 g/mol. The van der Waals surface area contributed by atoms with Crippen LogP contribution >= 0.6 is 0 Å². The molecule has 1 aromatic carbocycles. The van der Waals surface area contributed by atoms with E-state index in [0.717, 1.165) is 12.8 Å². The Morgan fingerprint density at radius 1 is 1.40 bits per heavy atom. The third-order valence-corrected chi connectivity index (χ3v) is 3.21. The van der Waals surface area contributed by atoms with Crippen LogP contribution in [0.5, 0.6) is 11.5 Å². The van der Waals surface area contributed by atoms with Crippen molar-refractivity contribution in [2.45, 2.75) is 32.0 Å². The van der Waals surface area contributed by atoms with Crippen LogP contribution in [0.3, 0.4) is 0 Å². The fourth-order valence-electron chi connectivity index (χ4n) is 1.91. The van der Waals surface area contributed by atoms with Crippen molar-refractivity contribution in [3.63, 3.8) is 0 Å². The third-order valence-electron chi connectivity index (χ3n) is 3.21. The highest BCUT2D eigenvalue weighted by molar-refractivity contribution is 5.39. The second-order valence-electron chi connectivity index (χ2n) is 4.74. The van der Waals surface area contributed by atoms with Gasteiger partial charge in [0.1, 0.15) is 11.5 Å². The molecule has 0 saturated heterocycles. The van der Waals surface area contributed by atoms with Crippen LogP contribution in [-0.4, -0.2) is 22.4 Å². The minimum absolute atomic E-state index is 0.119. The van der Waals surface area contributed by atoms with Crippen molar-refractivity contribution in [2.24, 2.45) is 0 Å². The molecule has 6 nitrogen and oxygen atoms in total. The topological polar surface area (TPSA) is 77.6 Å². The van der Waals surface area contributed by atoms with Crippen molar-refractivity contribution in [3.8, 4) is 11.5 Å². The van der Waals surface area contributed by atoms with E-state index < -0.39 is 0 Å². The molecule has 1 N–H and O–H groups in total. The van der Waals surface area contributed by atoms with E-state index in [2.05, 4.69) is 10.1 Å². The maximum Gasteiger partial charge on any atom is 0.229 e. The fourth-order valence-corrected chi connectivity index (χ4v) is 1.91. The second kappa shape index (κ2) is 5.50. The summed E-state index contributed by atoms with van der Waals surface area (Å²) in [5.41, 5.74) is 0.662. The molecule has 20 heavy (non-hydrogen) atoms. The van der Waals surface area contributed by atoms with Gasteiger partial charge in [-0.15, -0.1) is 0 Å². The summed E-state index contributed by atoms with van der Waals surface area (Å²) in [5.74, 6) is 2.92. The monoisotopic (exact) mass is 276 g/mol. The number of methoxy groups -OCH3 is 1. The predicted octanol–water partition coefficient (Wildman–Crippen LogP) is 2.03. The van der Waals surface area contributed by atoms with E-state index in [-0.39, 0.29) is 13.2 Å². The lowest BCUT2D eigenvalue weighted by Crippen LogP contribution is -2.01. The van der Waals surface area contributed by atoms with E-state index in [4.69, 9.17) is 14.0 Å². The maximum absolute atomic E-state index is 9.34. The summed E-state index contributed by atoms with van der Waals surface area (Å²) >= 11 is 0. The van der Waals surface area contributed by atoms with Gasteiger partial charge in [0, 0.05) is 11.5 Å². The molecule has 1 aromatic heterocycles. The molecule has 106 valence electrons. The molecular weight excluding hydrogens is 260 g/mol. The molecule has 1 aliphatic rings. The first-order valence-corrected chi connectivity index (χ1v) is 6.53. The molecule has 1 fully saturated rings. The zero-order valence-corrected chi connectivity index (χ0v) is 11.2. The Morgan fingerprint density at radius 3 is 2.95 bits per heavy atom. The molecule has 2 aromatic rings. The lowest BCUT2D eigenvalue weighted by molar-refractivity contribution is 0.252. The van der Waals surface area contributed by atoms with Gasteiger partial charge in [0.25, 0.3) is 0 Å². The molecule has 0 radical (unpaired) electrons. The lowest BCUT2D eigenvalue weighted by atomic mass is 10.2. The Bertz CT molecular complexity index is 593. The molecule has 6 heteroatoms. The minimum Gasteiger partial charge on any atom is -0.497 e. The van der Waals surface area contributed by atoms with Crippen LogP contribution in [0.25, 0.3) is 0 Å². The van der Waals surface area contributed by atoms with Crippen LogP contribution < -0.4 is 9.47 Å². The predicted molar refractivity (Wildman–Crippen MR) is 69.5 cm³/mol. The van der Waals surface area contributed by atoms with Gasteiger partial charge in [0.15, 0.2) is 6.61 Å².